The highest BCUT2D eigenvalue weighted by Crippen LogP contribution is 2.33. The summed E-state index contributed by atoms with van der Waals surface area (Å²) in [5, 5.41) is 11.5. The minimum atomic E-state index is 0.460. The minimum absolute atomic E-state index is 0.460. The molecule has 36 heavy (non-hydrogen) atoms. The van der Waals surface area contributed by atoms with Gasteiger partial charge in [-0.15, -0.1) is 0 Å². The van der Waals surface area contributed by atoms with Gasteiger partial charge in [0.1, 0.15) is 0 Å². The highest BCUT2D eigenvalue weighted by atomic mass is 35.5. The molecule has 3 aromatic carbocycles. The van der Waals surface area contributed by atoms with Crippen LogP contribution in [0.5, 0.6) is 0 Å². The lowest BCUT2D eigenvalue weighted by molar-refractivity contribution is 0.214. The van der Waals surface area contributed by atoms with E-state index in [0.717, 1.165) is 48.6 Å². The molecule has 0 bridgehead atoms. The number of halogens is 2. The number of thiocarbonyl (C=S) groups is 1. The summed E-state index contributed by atoms with van der Waals surface area (Å²) in [4.78, 5) is 4.96. The van der Waals surface area contributed by atoms with Crippen LogP contribution in [0.3, 0.4) is 0 Å². The predicted octanol–water partition coefficient (Wildman–Crippen LogP) is 7.20. The Hall–Kier alpha value is -2.05. The van der Waals surface area contributed by atoms with Crippen LogP contribution in [0.2, 0.25) is 10.0 Å². The monoisotopic (exact) mass is 540 g/mol. The van der Waals surface area contributed by atoms with Crippen molar-refractivity contribution in [1.29, 1.82) is 0 Å². The van der Waals surface area contributed by atoms with Crippen molar-refractivity contribution < 1.29 is 0 Å². The molecule has 1 saturated heterocycles. The second-order valence-corrected chi connectivity index (χ2v) is 11.2. The van der Waals surface area contributed by atoms with Crippen LogP contribution >= 0.6 is 35.4 Å². The molecule has 2 N–H and O–H groups in total. The van der Waals surface area contributed by atoms with E-state index >= 15 is 0 Å². The molecular formula is C29H34Cl2N4S. The van der Waals surface area contributed by atoms with Crippen molar-refractivity contribution in [1.82, 2.24) is 10.2 Å². The zero-order valence-electron chi connectivity index (χ0n) is 20.6. The summed E-state index contributed by atoms with van der Waals surface area (Å²) in [7, 11) is 0. The summed E-state index contributed by atoms with van der Waals surface area (Å²) < 4.78 is 0. The average Bonchev–Trinajstić information content (AvgIpc) is 2.90. The molecule has 0 unspecified atom stereocenters. The van der Waals surface area contributed by atoms with E-state index in [-0.39, 0.29) is 0 Å². The Morgan fingerprint density at radius 2 is 1.58 bits per heavy atom. The molecule has 2 aliphatic rings. The van der Waals surface area contributed by atoms with E-state index in [9.17, 15) is 0 Å². The number of piperazine rings is 1. The molecule has 0 spiro atoms. The molecule has 1 saturated carbocycles. The van der Waals surface area contributed by atoms with E-state index in [1.807, 2.05) is 12.1 Å². The summed E-state index contributed by atoms with van der Waals surface area (Å²) in [6, 6.07) is 21.1. The maximum atomic E-state index is 6.43. The Bertz CT molecular complexity index is 1180. The molecule has 1 heterocycles. The van der Waals surface area contributed by atoms with E-state index in [1.54, 1.807) is 0 Å². The van der Waals surface area contributed by atoms with Crippen molar-refractivity contribution in [3.8, 4) is 0 Å². The van der Waals surface area contributed by atoms with Crippen molar-refractivity contribution in [2.75, 3.05) is 42.9 Å². The highest BCUT2D eigenvalue weighted by molar-refractivity contribution is 7.80. The third-order valence-corrected chi connectivity index (χ3v) is 8.75. The van der Waals surface area contributed by atoms with Gasteiger partial charge in [-0.25, -0.2) is 0 Å². The summed E-state index contributed by atoms with van der Waals surface area (Å²) in [5.74, 6) is 0.808. The van der Waals surface area contributed by atoms with E-state index in [0.29, 0.717) is 16.1 Å². The molecule has 0 amide bonds. The SMILES string of the molecule is S=C(Nc1cccc2ccccc12)NC1CCC(CCN2CCN(c3cccc(Cl)c3Cl)CC2)CC1. The smallest absolute Gasteiger partial charge is 0.171 e. The number of anilines is 2. The molecule has 0 aromatic heterocycles. The largest absolute Gasteiger partial charge is 0.368 e. The van der Waals surface area contributed by atoms with E-state index in [4.69, 9.17) is 35.4 Å². The van der Waals surface area contributed by atoms with Crippen molar-refractivity contribution >= 4 is 62.7 Å². The molecule has 7 heteroatoms. The Morgan fingerprint density at radius 3 is 2.39 bits per heavy atom. The summed E-state index contributed by atoms with van der Waals surface area (Å²) in [6.07, 6.45) is 6.19. The third kappa shape index (κ3) is 6.25. The first-order valence-corrected chi connectivity index (χ1v) is 14.2. The van der Waals surface area contributed by atoms with Gasteiger partial charge in [0.15, 0.2) is 5.11 Å². The van der Waals surface area contributed by atoms with E-state index in [1.165, 1.54) is 49.4 Å². The summed E-state index contributed by atoms with van der Waals surface area (Å²) in [6.45, 7) is 5.33. The normalized spacial score (nSPS) is 20.9. The van der Waals surface area contributed by atoms with Crippen LogP contribution in [-0.2, 0) is 0 Å². The standard InChI is InChI=1S/C29H34Cl2N4S/c30-25-8-4-10-27(28(25)31)35-19-17-34(18-20-35)16-15-21-11-13-23(14-12-21)32-29(36)33-26-9-3-6-22-5-1-2-7-24(22)26/h1-10,21,23H,11-20H2,(H2,32,33,36). The molecule has 1 aliphatic carbocycles. The molecule has 2 fully saturated rings. The lowest BCUT2D eigenvalue weighted by atomic mass is 9.84. The van der Waals surface area contributed by atoms with Gasteiger partial charge in [0.25, 0.3) is 0 Å². The van der Waals surface area contributed by atoms with Crippen LogP contribution in [-0.4, -0.2) is 48.8 Å². The fraction of sp³-hybridized carbons (Fsp3) is 0.414. The van der Waals surface area contributed by atoms with Gasteiger partial charge in [-0.3, -0.25) is 4.90 Å². The summed E-state index contributed by atoms with van der Waals surface area (Å²) in [5.41, 5.74) is 2.12. The Labute approximate surface area is 229 Å². The van der Waals surface area contributed by atoms with Gasteiger partial charge in [0.05, 0.1) is 15.7 Å². The zero-order chi connectivity index (χ0) is 24.9. The first-order valence-electron chi connectivity index (χ1n) is 13.0. The summed E-state index contributed by atoms with van der Waals surface area (Å²) >= 11 is 18.3. The van der Waals surface area contributed by atoms with Crippen LogP contribution < -0.4 is 15.5 Å². The predicted molar refractivity (Wildman–Crippen MR) is 159 cm³/mol. The van der Waals surface area contributed by atoms with Crippen LogP contribution in [0.25, 0.3) is 10.8 Å². The lowest BCUT2D eigenvalue weighted by Crippen LogP contribution is -2.47. The lowest BCUT2D eigenvalue weighted by Gasteiger charge is -2.37. The molecule has 1 aliphatic heterocycles. The van der Waals surface area contributed by atoms with Crippen LogP contribution in [0.1, 0.15) is 32.1 Å². The van der Waals surface area contributed by atoms with Gasteiger partial charge in [-0.2, -0.15) is 0 Å². The highest BCUT2D eigenvalue weighted by Gasteiger charge is 2.24. The van der Waals surface area contributed by atoms with Gasteiger partial charge in [-0.1, -0.05) is 65.7 Å². The molecule has 0 radical (unpaired) electrons. The third-order valence-electron chi connectivity index (χ3n) is 7.72. The number of nitrogens with one attached hydrogen (secondary N) is 2. The quantitative estimate of drug-likeness (QED) is 0.322. The number of hydrogen-bond donors (Lipinski definition) is 2. The van der Waals surface area contributed by atoms with Gasteiger partial charge in [-0.05, 0) is 80.4 Å². The van der Waals surface area contributed by atoms with Crippen molar-refractivity contribution in [2.45, 2.75) is 38.1 Å². The Morgan fingerprint density at radius 1 is 0.861 bits per heavy atom. The van der Waals surface area contributed by atoms with Crippen LogP contribution in [0, 0.1) is 5.92 Å². The fourth-order valence-corrected chi connectivity index (χ4v) is 6.28. The van der Waals surface area contributed by atoms with Gasteiger partial charge < -0.3 is 15.5 Å². The fourth-order valence-electron chi connectivity index (χ4n) is 5.59. The maximum Gasteiger partial charge on any atom is 0.171 e. The van der Waals surface area contributed by atoms with Crippen molar-refractivity contribution in [3.63, 3.8) is 0 Å². The van der Waals surface area contributed by atoms with E-state index in [2.05, 4.69) is 69.0 Å². The number of fused-ring (bicyclic) bond motifs is 1. The first kappa shape index (κ1) is 25.6. The van der Waals surface area contributed by atoms with Crippen LogP contribution in [0.15, 0.2) is 60.7 Å². The second-order valence-electron chi connectivity index (χ2n) is 10.0. The molecule has 4 nitrogen and oxygen atoms in total. The number of nitrogens with zero attached hydrogens (tertiary/aromatic N) is 2. The number of rotatable bonds is 6. The van der Waals surface area contributed by atoms with Gasteiger partial charge in [0, 0.05) is 43.3 Å². The Balaban J connectivity index is 1.02. The molecule has 3 aromatic rings. The second kappa shape index (κ2) is 12.0. The van der Waals surface area contributed by atoms with E-state index < -0.39 is 0 Å². The number of hydrogen-bond acceptors (Lipinski definition) is 3. The molecule has 0 atom stereocenters. The molecular weight excluding hydrogens is 507 g/mol. The topological polar surface area (TPSA) is 30.5 Å². The Kier molecular flexibility index (Phi) is 8.53. The maximum absolute atomic E-state index is 6.43. The van der Waals surface area contributed by atoms with Gasteiger partial charge >= 0.3 is 0 Å². The van der Waals surface area contributed by atoms with Crippen LogP contribution in [0.4, 0.5) is 11.4 Å². The minimum Gasteiger partial charge on any atom is -0.368 e. The average molecular weight is 542 g/mol. The van der Waals surface area contributed by atoms with Gasteiger partial charge in [0.2, 0.25) is 0 Å². The van der Waals surface area contributed by atoms with Crippen molar-refractivity contribution in [3.05, 3.63) is 70.7 Å². The molecule has 190 valence electrons. The molecule has 5 rings (SSSR count). The zero-order valence-corrected chi connectivity index (χ0v) is 22.9. The van der Waals surface area contributed by atoms with Crippen molar-refractivity contribution in [2.24, 2.45) is 5.92 Å². The number of benzene rings is 3. The first-order chi connectivity index (χ1) is 17.6.